The second-order valence-electron chi connectivity index (χ2n) is 5.32. The molecule has 0 N–H and O–H groups in total. The molecule has 132 valence electrons. The van der Waals surface area contributed by atoms with E-state index in [2.05, 4.69) is 0 Å². The summed E-state index contributed by atoms with van der Waals surface area (Å²) in [4.78, 5) is 25.2. The van der Waals surface area contributed by atoms with Crippen LogP contribution in [0.1, 0.15) is 25.8 Å². The first-order valence-electron chi connectivity index (χ1n) is 8.00. The molecule has 0 aromatic heterocycles. The van der Waals surface area contributed by atoms with Crippen LogP contribution in [0, 0.1) is 0 Å². The third kappa shape index (κ3) is 5.82. The minimum absolute atomic E-state index is 0.145. The zero-order valence-corrected chi connectivity index (χ0v) is 14.0. The summed E-state index contributed by atoms with van der Waals surface area (Å²) in [6, 6.07) is 9.34. The van der Waals surface area contributed by atoms with Crippen LogP contribution in [0.2, 0.25) is 0 Å². The summed E-state index contributed by atoms with van der Waals surface area (Å²) in [6.45, 7) is 4.03. The van der Waals surface area contributed by atoms with Crippen LogP contribution in [0.15, 0.2) is 30.3 Å². The molecule has 1 heterocycles. The molecule has 1 aliphatic heterocycles. The lowest BCUT2D eigenvalue weighted by molar-refractivity contribution is -0.377. The molecule has 7 nitrogen and oxygen atoms in total. The normalized spacial score (nSPS) is 19.2. The van der Waals surface area contributed by atoms with Crippen LogP contribution >= 0.6 is 0 Å². The third-order valence-corrected chi connectivity index (χ3v) is 3.41. The highest BCUT2D eigenvalue weighted by atomic mass is 16.9. The molecule has 0 bridgehead atoms. The van der Waals surface area contributed by atoms with E-state index < -0.39 is 12.1 Å². The standard InChI is InChI=1S/C17H23NO6/c1-3-21-15(19)11-18(10-9-16-23-13(2)24-16)17(20)22-12-14-7-5-4-6-8-14/h4-8,13,16H,3,9-12H2,1-2H3. The quantitative estimate of drug-likeness (QED) is 0.678. The fraction of sp³-hybridized carbons (Fsp3) is 0.529. The molecule has 1 saturated heterocycles. The Morgan fingerprint density at radius 3 is 2.50 bits per heavy atom. The number of esters is 1. The number of rotatable bonds is 8. The van der Waals surface area contributed by atoms with Gasteiger partial charge in [0.05, 0.1) is 6.61 Å². The largest absolute Gasteiger partial charge is 0.465 e. The number of amides is 1. The van der Waals surface area contributed by atoms with E-state index in [1.54, 1.807) is 13.8 Å². The van der Waals surface area contributed by atoms with Crippen molar-refractivity contribution in [2.24, 2.45) is 0 Å². The lowest BCUT2D eigenvalue weighted by Gasteiger charge is -2.34. The molecule has 24 heavy (non-hydrogen) atoms. The maximum absolute atomic E-state index is 12.3. The summed E-state index contributed by atoms with van der Waals surface area (Å²) in [5.41, 5.74) is 0.876. The molecule has 1 amide bonds. The van der Waals surface area contributed by atoms with Gasteiger partial charge in [-0.25, -0.2) is 4.79 Å². The minimum Gasteiger partial charge on any atom is -0.465 e. The predicted molar refractivity (Wildman–Crippen MR) is 84.9 cm³/mol. The van der Waals surface area contributed by atoms with E-state index in [4.69, 9.17) is 18.9 Å². The van der Waals surface area contributed by atoms with Crippen molar-refractivity contribution in [3.8, 4) is 0 Å². The molecular formula is C17H23NO6. The first-order valence-corrected chi connectivity index (χ1v) is 8.00. The van der Waals surface area contributed by atoms with E-state index in [9.17, 15) is 9.59 Å². The fourth-order valence-electron chi connectivity index (χ4n) is 2.24. The van der Waals surface area contributed by atoms with E-state index in [0.29, 0.717) is 6.42 Å². The van der Waals surface area contributed by atoms with Crippen molar-refractivity contribution in [1.29, 1.82) is 0 Å². The Morgan fingerprint density at radius 2 is 1.88 bits per heavy atom. The molecule has 7 heteroatoms. The van der Waals surface area contributed by atoms with Crippen LogP contribution in [0.3, 0.4) is 0 Å². The SMILES string of the molecule is CCOC(=O)CN(CCC1OC(C)O1)C(=O)OCc1ccccc1. The van der Waals surface area contributed by atoms with Gasteiger partial charge in [-0.2, -0.15) is 0 Å². The van der Waals surface area contributed by atoms with Gasteiger partial charge in [0, 0.05) is 13.0 Å². The molecule has 1 fully saturated rings. The molecular weight excluding hydrogens is 314 g/mol. The van der Waals surface area contributed by atoms with E-state index in [-0.39, 0.29) is 38.9 Å². The smallest absolute Gasteiger partial charge is 0.410 e. The predicted octanol–water partition coefficient (Wildman–Crippen LogP) is 2.30. The van der Waals surface area contributed by atoms with Gasteiger partial charge in [-0.15, -0.1) is 0 Å². The number of benzene rings is 1. The maximum atomic E-state index is 12.3. The van der Waals surface area contributed by atoms with Crippen molar-refractivity contribution in [1.82, 2.24) is 4.90 Å². The molecule has 1 aromatic carbocycles. The van der Waals surface area contributed by atoms with Crippen LogP contribution in [0.5, 0.6) is 0 Å². The van der Waals surface area contributed by atoms with Crippen LogP contribution in [-0.4, -0.2) is 49.2 Å². The van der Waals surface area contributed by atoms with Gasteiger partial charge in [0.15, 0.2) is 12.6 Å². The van der Waals surface area contributed by atoms with E-state index >= 15 is 0 Å². The summed E-state index contributed by atoms with van der Waals surface area (Å²) in [5, 5.41) is 0. The van der Waals surface area contributed by atoms with Gasteiger partial charge in [-0.05, 0) is 19.4 Å². The highest BCUT2D eigenvalue weighted by Crippen LogP contribution is 2.19. The van der Waals surface area contributed by atoms with Crippen LogP contribution in [-0.2, 0) is 30.3 Å². The average molecular weight is 337 g/mol. The van der Waals surface area contributed by atoms with Gasteiger partial charge in [0.2, 0.25) is 0 Å². The van der Waals surface area contributed by atoms with E-state index in [1.165, 1.54) is 4.90 Å². The van der Waals surface area contributed by atoms with Gasteiger partial charge >= 0.3 is 12.1 Å². The Kier molecular flexibility index (Phi) is 7.02. The van der Waals surface area contributed by atoms with Crippen molar-refractivity contribution in [3.63, 3.8) is 0 Å². The zero-order chi connectivity index (χ0) is 17.4. The monoisotopic (exact) mass is 337 g/mol. The summed E-state index contributed by atoms with van der Waals surface area (Å²) in [6.07, 6.45) is -0.686. The molecule has 2 rings (SSSR count). The number of nitrogens with zero attached hydrogens (tertiary/aromatic N) is 1. The number of carbonyl (C=O) groups excluding carboxylic acids is 2. The highest BCUT2D eigenvalue weighted by molar-refractivity contribution is 5.78. The number of ether oxygens (including phenoxy) is 4. The van der Waals surface area contributed by atoms with Gasteiger partial charge in [-0.1, -0.05) is 30.3 Å². The van der Waals surface area contributed by atoms with Crippen LogP contribution < -0.4 is 0 Å². The molecule has 0 saturated carbocycles. The Hall–Kier alpha value is -2.12. The molecule has 0 spiro atoms. The van der Waals surface area contributed by atoms with Crippen LogP contribution in [0.4, 0.5) is 4.79 Å². The van der Waals surface area contributed by atoms with Crippen molar-refractivity contribution in [2.75, 3.05) is 19.7 Å². The molecule has 0 unspecified atom stereocenters. The highest BCUT2D eigenvalue weighted by Gasteiger charge is 2.28. The fourth-order valence-corrected chi connectivity index (χ4v) is 2.24. The minimum atomic E-state index is -0.570. The number of hydrogen-bond acceptors (Lipinski definition) is 6. The Labute approximate surface area is 141 Å². The lowest BCUT2D eigenvalue weighted by atomic mass is 10.2. The molecule has 1 aliphatic rings. The van der Waals surface area contributed by atoms with Gasteiger partial charge in [0.25, 0.3) is 0 Å². The summed E-state index contributed by atoms with van der Waals surface area (Å²) in [7, 11) is 0. The topological polar surface area (TPSA) is 74.3 Å². The molecule has 0 atom stereocenters. The summed E-state index contributed by atoms with van der Waals surface area (Å²) >= 11 is 0. The van der Waals surface area contributed by atoms with Crippen molar-refractivity contribution in [2.45, 2.75) is 39.5 Å². The zero-order valence-electron chi connectivity index (χ0n) is 14.0. The third-order valence-electron chi connectivity index (χ3n) is 3.41. The maximum Gasteiger partial charge on any atom is 0.410 e. The van der Waals surface area contributed by atoms with Gasteiger partial charge < -0.3 is 18.9 Å². The van der Waals surface area contributed by atoms with Crippen LogP contribution in [0.25, 0.3) is 0 Å². The van der Waals surface area contributed by atoms with E-state index in [1.807, 2.05) is 30.3 Å². The molecule has 0 aliphatic carbocycles. The number of carbonyl (C=O) groups is 2. The van der Waals surface area contributed by atoms with Crippen molar-refractivity contribution in [3.05, 3.63) is 35.9 Å². The average Bonchev–Trinajstić information content (AvgIpc) is 2.55. The van der Waals surface area contributed by atoms with Crippen molar-refractivity contribution >= 4 is 12.1 Å². The number of hydrogen-bond donors (Lipinski definition) is 0. The molecule has 1 aromatic rings. The summed E-state index contributed by atoms with van der Waals surface area (Å²) in [5.74, 6) is -0.474. The summed E-state index contributed by atoms with van der Waals surface area (Å²) < 4.78 is 20.8. The first-order chi connectivity index (χ1) is 11.6. The Balaban J connectivity index is 1.84. The lowest BCUT2D eigenvalue weighted by Crippen LogP contribution is -2.43. The second kappa shape index (κ2) is 9.24. The van der Waals surface area contributed by atoms with Crippen molar-refractivity contribution < 1.29 is 28.5 Å². The second-order valence-corrected chi connectivity index (χ2v) is 5.32. The Bertz CT molecular complexity index is 529. The first kappa shape index (κ1) is 18.2. The van der Waals surface area contributed by atoms with Gasteiger partial charge in [0.1, 0.15) is 13.2 Å². The van der Waals surface area contributed by atoms with Gasteiger partial charge in [-0.3, -0.25) is 9.69 Å². The van der Waals surface area contributed by atoms with E-state index in [0.717, 1.165) is 5.56 Å². The Morgan fingerprint density at radius 1 is 1.17 bits per heavy atom. The molecule has 0 radical (unpaired) electrons.